The van der Waals surface area contributed by atoms with Gasteiger partial charge in [0.1, 0.15) is 9.93 Å². The van der Waals surface area contributed by atoms with Crippen molar-refractivity contribution in [2.45, 2.75) is 13.8 Å². The molecular formula is C12H14Cl2NO3P. The molecule has 19 heavy (non-hydrogen) atoms. The van der Waals surface area contributed by atoms with E-state index in [0.29, 0.717) is 5.30 Å². The van der Waals surface area contributed by atoms with Crippen LogP contribution in [0.4, 0.5) is 0 Å². The molecule has 0 aliphatic carbocycles. The Balaban J connectivity index is 3.37. The second-order valence-electron chi connectivity index (χ2n) is 3.60. The van der Waals surface area contributed by atoms with Crippen molar-refractivity contribution in [1.82, 2.24) is 5.32 Å². The van der Waals surface area contributed by atoms with Gasteiger partial charge in [0.05, 0.1) is 6.61 Å². The quantitative estimate of drug-likeness (QED) is 0.846. The Morgan fingerprint density at radius 3 is 2.32 bits per heavy atom. The topological polar surface area (TPSA) is 55.4 Å². The molecule has 0 radical (unpaired) electrons. The summed E-state index contributed by atoms with van der Waals surface area (Å²) in [6, 6.07) is 8.48. The maximum absolute atomic E-state index is 13.0. The summed E-state index contributed by atoms with van der Waals surface area (Å²) in [5.41, 5.74) is -0.101. The highest BCUT2D eigenvalue weighted by Crippen LogP contribution is 2.54. The molecule has 1 aromatic rings. The molecule has 1 amide bonds. The van der Waals surface area contributed by atoms with Crippen molar-refractivity contribution in [3.63, 3.8) is 0 Å². The Bertz CT molecular complexity index is 527. The molecule has 104 valence electrons. The maximum atomic E-state index is 13.0. The van der Waals surface area contributed by atoms with Crippen LogP contribution in [-0.2, 0) is 13.9 Å². The van der Waals surface area contributed by atoms with Gasteiger partial charge in [-0.3, -0.25) is 9.36 Å². The van der Waals surface area contributed by atoms with Crippen LogP contribution in [0.15, 0.2) is 40.3 Å². The molecule has 1 unspecified atom stereocenters. The third-order valence-electron chi connectivity index (χ3n) is 2.17. The number of rotatable bonds is 5. The standard InChI is InChI=1S/C12H14Cl2NO3P/c1-3-18-19(17,10-7-5-4-6-8-10)12(11(13)14)15-9(2)16/h4-8H,3H2,1-2H3,(H,15,16). The fourth-order valence-electron chi connectivity index (χ4n) is 1.47. The Morgan fingerprint density at radius 2 is 1.89 bits per heavy atom. The first kappa shape index (κ1) is 16.3. The van der Waals surface area contributed by atoms with Crippen LogP contribution in [0.5, 0.6) is 0 Å². The van der Waals surface area contributed by atoms with Gasteiger partial charge in [-0.05, 0) is 19.1 Å². The van der Waals surface area contributed by atoms with Crippen molar-refractivity contribution in [2.24, 2.45) is 0 Å². The van der Waals surface area contributed by atoms with Crippen molar-refractivity contribution in [2.75, 3.05) is 6.61 Å². The predicted molar refractivity (Wildman–Crippen MR) is 77.9 cm³/mol. The Hall–Kier alpha value is -0.800. The number of benzene rings is 1. The molecule has 0 heterocycles. The van der Waals surface area contributed by atoms with Gasteiger partial charge in [0, 0.05) is 12.2 Å². The molecule has 0 aliphatic heterocycles. The number of amides is 1. The largest absolute Gasteiger partial charge is 0.321 e. The molecule has 4 nitrogen and oxygen atoms in total. The summed E-state index contributed by atoms with van der Waals surface area (Å²) in [6.07, 6.45) is 0. The van der Waals surface area contributed by atoms with Crippen LogP contribution < -0.4 is 10.6 Å². The van der Waals surface area contributed by atoms with E-state index in [1.54, 1.807) is 37.3 Å². The summed E-state index contributed by atoms with van der Waals surface area (Å²) >= 11 is 11.5. The molecule has 1 N–H and O–H groups in total. The van der Waals surface area contributed by atoms with E-state index in [4.69, 9.17) is 27.7 Å². The van der Waals surface area contributed by atoms with E-state index >= 15 is 0 Å². The van der Waals surface area contributed by atoms with Gasteiger partial charge in [-0.2, -0.15) is 0 Å². The van der Waals surface area contributed by atoms with Crippen molar-refractivity contribution < 1.29 is 13.9 Å². The minimum atomic E-state index is -3.51. The van der Waals surface area contributed by atoms with Crippen LogP contribution in [0.2, 0.25) is 0 Å². The van der Waals surface area contributed by atoms with Gasteiger partial charge in [-0.1, -0.05) is 41.4 Å². The lowest BCUT2D eigenvalue weighted by molar-refractivity contribution is -0.118. The van der Waals surface area contributed by atoms with Crippen LogP contribution in [0.25, 0.3) is 0 Å². The first-order chi connectivity index (χ1) is 8.91. The Labute approximate surface area is 122 Å². The van der Waals surface area contributed by atoms with Gasteiger partial charge < -0.3 is 9.84 Å². The number of halogens is 2. The molecule has 0 spiro atoms. The third-order valence-corrected chi connectivity index (χ3v) is 5.34. The van der Waals surface area contributed by atoms with E-state index in [0.717, 1.165) is 0 Å². The number of hydrogen-bond acceptors (Lipinski definition) is 3. The lowest BCUT2D eigenvalue weighted by Gasteiger charge is -2.21. The SMILES string of the molecule is CCOP(=O)(C(NC(C)=O)=C(Cl)Cl)c1ccccc1. The third kappa shape index (κ3) is 4.08. The lowest BCUT2D eigenvalue weighted by atomic mass is 10.4. The van der Waals surface area contributed by atoms with Crippen LogP contribution >= 0.6 is 30.6 Å². The van der Waals surface area contributed by atoms with E-state index in [-0.39, 0.29) is 16.5 Å². The van der Waals surface area contributed by atoms with Crippen molar-refractivity contribution in [3.05, 3.63) is 40.3 Å². The van der Waals surface area contributed by atoms with Crippen LogP contribution in [0, 0.1) is 0 Å². The highest BCUT2D eigenvalue weighted by atomic mass is 35.5. The second-order valence-corrected chi connectivity index (χ2v) is 6.87. The highest BCUT2D eigenvalue weighted by molar-refractivity contribution is 7.71. The van der Waals surface area contributed by atoms with Gasteiger partial charge >= 0.3 is 0 Å². The summed E-state index contributed by atoms with van der Waals surface area (Å²) in [5.74, 6) is -0.426. The lowest BCUT2D eigenvalue weighted by Crippen LogP contribution is -2.24. The molecule has 0 fully saturated rings. The molecule has 1 aromatic carbocycles. The van der Waals surface area contributed by atoms with E-state index in [2.05, 4.69) is 5.32 Å². The second kappa shape index (κ2) is 7.11. The highest BCUT2D eigenvalue weighted by Gasteiger charge is 2.33. The minimum Gasteiger partial charge on any atom is -0.321 e. The van der Waals surface area contributed by atoms with E-state index in [9.17, 15) is 9.36 Å². The number of carbonyl (C=O) groups excluding carboxylic acids is 1. The van der Waals surface area contributed by atoms with E-state index in [1.807, 2.05) is 0 Å². The van der Waals surface area contributed by atoms with Crippen LogP contribution in [0.3, 0.4) is 0 Å². The Kier molecular flexibility index (Phi) is 6.08. The zero-order chi connectivity index (χ0) is 14.5. The molecule has 7 heteroatoms. The Morgan fingerprint density at radius 1 is 1.32 bits per heavy atom. The molecule has 0 aromatic heterocycles. The first-order valence-corrected chi connectivity index (χ1v) is 7.93. The molecule has 1 atom stereocenters. The molecule has 0 saturated carbocycles. The molecule has 1 rings (SSSR count). The van der Waals surface area contributed by atoms with Crippen molar-refractivity contribution in [3.8, 4) is 0 Å². The summed E-state index contributed by atoms with van der Waals surface area (Å²) in [5, 5.41) is 2.81. The summed E-state index contributed by atoms with van der Waals surface area (Å²) < 4.78 is 18.1. The van der Waals surface area contributed by atoms with Gasteiger partial charge in [-0.15, -0.1) is 0 Å². The first-order valence-electron chi connectivity index (χ1n) is 5.55. The van der Waals surface area contributed by atoms with E-state index in [1.165, 1.54) is 6.92 Å². The van der Waals surface area contributed by atoms with Crippen LogP contribution in [-0.4, -0.2) is 12.5 Å². The smallest absolute Gasteiger partial charge is 0.279 e. The molecule has 0 saturated heterocycles. The number of nitrogens with one attached hydrogen (secondary N) is 1. The minimum absolute atomic E-state index is 0.101. The molecule has 0 aliphatic rings. The van der Waals surface area contributed by atoms with Gasteiger partial charge in [0.2, 0.25) is 5.91 Å². The van der Waals surface area contributed by atoms with Crippen LogP contribution in [0.1, 0.15) is 13.8 Å². The van der Waals surface area contributed by atoms with Gasteiger partial charge in [0.15, 0.2) is 0 Å². The number of hydrogen-bond donors (Lipinski definition) is 1. The van der Waals surface area contributed by atoms with E-state index < -0.39 is 13.3 Å². The molecule has 0 bridgehead atoms. The average molecular weight is 322 g/mol. The summed E-state index contributed by atoms with van der Waals surface area (Å²) in [4.78, 5) is 11.2. The fraction of sp³-hybridized carbons (Fsp3) is 0.250. The van der Waals surface area contributed by atoms with Gasteiger partial charge in [0.25, 0.3) is 7.37 Å². The summed E-state index contributed by atoms with van der Waals surface area (Å²) in [7, 11) is -3.51. The zero-order valence-corrected chi connectivity index (χ0v) is 12.9. The summed E-state index contributed by atoms with van der Waals surface area (Å²) in [6.45, 7) is 3.16. The van der Waals surface area contributed by atoms with Gasteiger partial charge in [-0.25, -0.2) is 0 Å². The maximum Gasteiger partial charge on any atom is 0.279 e. The monoisotopic (exact) mass is 321 g/mol. The van der Waals surface area contributed by atoms with Crippen molar-refractivity contribution >= 4 is 41.8 Å². The zero-order valence-electron chi connectivity index (χ0n) is 10.5. The fourth-order valence-corrected chi connectivity index (χ4v) is 4.23. The average Bonchev–Trinajstić information content (AvgIpc) is 2.36. The normalized spacial score (nSPS) is 13.5. The van der Waals surface area contributed by atoms with Crippen molar-refractivity contribution in [1.29, 1.82) is 0 Å². The number of carbonyl (C=O) groups is 1. The molecular weight excluding hydrogens is 308 g/mol. The predicted octanol–water partition coefficient (Wildman–Crippen LogP) is 3.37.